The number of hydrogen-bond acceptors (Lipinski definition) is 3. The third-order valence-electron chi connectivity index (χ3n) is 3.62. The summed E-state index contributed by atoms with van der Waals surface area (Å²) in [6, 6.07) is 4.08. The molecule has 2 unspecified atom stereocenters. The van der Waals surface area contributed by atoms with Crippen LogP contribution in [0.5, 0.6) is 0 Å². The largest absolute Gasteiger partial charge is 0.385 e. The minimum absolute atomic E-state index is 0.839. The first kappa shape index (κ1) is 11.2. The van der Waals surface area contributed by atoms with Crippen LogP contribution < -0.4 is 10.6 Å². The van der Waals surface area contributed by atoms with Crippen LogP contribution in [0.15, 0.2) is 18.3 Å². The van der Waals surface area contributed by atoms with E-state index in [9.17, 15) is 0 Å². The Bertz CT molecular complexity index is 338. The van der Waals surface area contributed by atoms with Gasteiger partial charge in [0.25, 0.3) is 0 Å². The molecule has 1 aromatic heterocycles. The molecule has 1 aliphatic rings. The van der Waals surface area contributed by atoms with Gasteiger partial charge >= 0.3 is 0 Å². The molecule has 2 N–H and O–H groups in total. The summed E-state index contributed by atoms with van der Waals surface area (Å²) in [5.41, 5.74) is 1.17. The molecular formula is C13H21N3. The molecule has 16 heavy (non-hydrogen) atoms. The number of hydrogen-bond donors (Lipinski definition) is 2. The van der Waals surface area contributed by atoms with Crippen LogP contribution in [0.3, 0.4) is 0 Å². The van der Waals surface area contributed by atoms with Crippen LogP contribution in [0.2, 0.25) is 0 Å². The molecule has 88 valence electrons. The van der Waals surface area contributed by atoms with Gasteiger partial charge in [-0.3, -0.25) is 0 Å². The zero-order valence-electron chi connectivity index (χ0n) is 10.2. The van der Waals surface area contributed by atoms with Crippen molar-refractivity contribution >= 4 is 11.5 Å². The van der Waals surface area contributed by atoms with Gasteiger partial charge in [-0.25, -0.2) is 4.98 Å². The van der Waals surface area contributed by atoms with Crippen molar-refractivity contribution in [3.05, 3.63) is 18.3 Å². The smallest absolute Gasteiger partial charge is 0.127 e. The van der Waals surface area contributed by atoms with Gasteiger partial charge in [-0.15, -0.1) is 0 Å². The second-order valence-corrected chi connectivity index (χ2v) is 4.73. The normalized spacial score (nSPS) is 24.4. The molecule has 3 heteroatoms. The molecule has 1 fully saturated rings. The minimum Gasteiger partial charge on any atom is -0.385 e. The maximum Gasteiger partial charge on any atom is 0.127 e. The van der Waals surface area contributed by atoms with Gasteiger partial charge in [-0.2, -0.15) is 0 Å². The number of rotatable bonds is 4. The van der Waals surface area contributed by atoms with Crippen molar-refractivity contribution in [3.8, 4) is 0 Å². The van der Waals surface area contributed by atoms with Gasteiger partial charge in [-0.1, -0.05) is 19.8 Å². The Morgan fingerprint density at radius 3 is 3.00 bits per heavy atom. The molecular weight excluding hydrogens is 198 g/mol. The zero-order valence-corrected chi connectivity index (χ0v) is 10.2. The highest BCUT2D eigenvalue weighted by atomic mass is 15.0. The summed E-state index contributed by atoms with van der Waals surface area (Å²) < 4.78 is 0. The molecule has 0 spiro atoms. The van der Waals surface area contributed by atoms with E-state index in [1.165, 1.54) is 24.9 Å². The van der Waals surface area contributed by atoms with Gasteiger partial charge < -0.3 is 10.6 Å². The van der Waals surface area contributed by atoms with E-state index in [1.807, 2.05) is 19.3 Å². The van der Waals surface area contributed by atoms with Crippen LogP contribution in [0.4, 0.5) is 11.5 Å². The van der Waals surface area contributed by atoms with Crippen molar-refractivity contribution in [2.24, 2.45) is 11.8 Å². The predicted molar refractivity (Wildman–Crippen MR) is 68.8 cm³/mol. The van der Waals surface area contributed by atoms with Crippen LogP contribution in [0.1, 0.15) is 26.2 Å². The highest BCUT2D eigenvalue weighted by Crippen LogP contribution is 2.31. The van der Waals surface area contributed by atoms with E-state index < -0.39 is 0 Å². The van der Waals surface area contributed by atoms with Crippen LogP contribution in [0, 0.1) is 11.8 Å². The number of aromatic nitrogens is 1. The Morgan fingerprint density at radius 2 is 2.31 bits per heavy atom. The van der Waals surface area contributed by atoms with E-state index >= 15 is 0 Å². The van der Waals surface area contributed by atoms with E-state index in [4.69, 9.17) is 0 Å². The van der Waals surface area contributed by atoms with Crippen LogP contribution in [0.25, 0.3) is 0 Å². The Hall–Kier alpha value is -1.25. The molecule has 0 amide bonds. The lowest BCUT2D eigenvalue weighted by Gasteiger charge is -2.16. The molecule has 2 atom stereocenters. The highest BCUT2D eigenvalue weighted by Gasteiger charge is 2.22. The van der Waals surface area contributed by atoms with Gasteiger partial charge in [0.15, 0.2) is 0 Å². The van der Waals surface area contributed by atoms with Gasteiger partial charge in [0.05, 0.1) is 0 Å². The summed E-state index contributed by atoms with van der Waals surface area (Å²) in [5, 5.41) is 6.56. The van der Waals surface area contributed by atoms with Crippen molar-refractivity contribution in [2.45, 2.75) is 26.2 Å². The van der Waals surface area contributed by atoms with E-state index in [0.717, 1.165) is 24.2 Å². The Kier molecular flexibility index (Phi) is 3.65. The summed E-state index contributed by atoms with van der Waals surface area (Å²) in [6.07, 6.45) is 6.00. The van der Waals surface area contributed by atoms with Crippen molar-refractivity contribution in [2.75, 3.05) is 24.2 Å². The van der Waals surface area contributed by atoms with E-state index in [0.29, 0.717) is 0 Å². The fourth-order valence-electron chi connectivity index (χ4n) is 2.45. The average molecular weight is 219 g/mol. The topological polar surface area (TPSA) is 37.0 Å². The average Bonchev–Trinajstić information content (AvgIpc) is 2.72. The lowest BCUT2D eigenvalue weighted by atomic mass is 9.98. The monoisotopic (exact) mass is 219 g/mol. The Labute approximate surface area is 97.7 Å². The fraction of sp³-hybridized carbons (Fsp3) is 0.615. The first-order chi connectivity index (χ1) is 7.79. The van der Waals surface area contributed by atoms with Crippen molar-refractivity contribution in [3.63, 3.8) is 0 Å². The van der Waals surface area contributed by atoms with Crippen LogP contribution >= 0.6 is 0 Å². The lowest BCUT2D eigenvalue weighted by molar-refractivity contribution is 0.439. The summed E-state index contributed by atoms with van der Waals surface area (Å²) in [7, 11) is 1.89. The molecule has 1 saturated carbocycles. The van der Waals surface area contributed by atoms with E-state index in [2.05, 4.69) is 28.6 Å². The predicted octanol–water partition coefficient (Wildman–Crippen LogP) is 2.97. The number of anilines is 2. The molecule has 0 aliphatic heterocycles. The van der Waals surface area contributed by atoms with Gasteiger partial charge in [0, 0.05) is 31.5 Å². The maximum absolute atomic E-state index is 4.20. The quantitative estimate of drug-likeness (QED) is 0.817. The SMILES string of the molecule is CNc1cc(NCC2CCCC2C)ccn1. The summed E-state index contributed by atoms with van der Waals surface area (Å²) in [4.78, 5) is 4.20. The standard InChI is InChI=1S/C13H21N3/c1-10-4-3-5-11(10)9-16-12-6-7-15-13(8-12)14-2/h6-8,10-11H,3-5,9H2,1-2H3,(H2,14,15,16). The Balaban J connectivity index is 1.88. The molecule has 1 heterocycles. The highest BCUT2D eigenvalue weighted by molar-refractivity contribution is 5.51. The first-order valence-electron chi connectivity index (χ1n) is 6.17. The number of nitrogens with one attached hydrogen (secondary N) is 2. The molecule has 3 nitrogen and oxygen atoms in total. The van der Waals surface area contributed by atoms with Gasteiger partial charge in [0.2, 0.25) is 0 Å². The van der Waals surface area contributed by atoms with E-state index in [-0.39, 0.29) is 0 Å². The summed E-state index contributed by atoms with van der Waals surface area (Å²) in [5.74, 6) is 2.63. The van der Waals surface area contributed by atoms with Crippen LogP contribution in [-0.4, -0.2) is 18.6 Å². The van der Waals surface area contributed by atoms with Crippen LogP contribution in [-0.2, 0) is 0 Å². The fourth-order valence-corrected chi connectivity index (χ4v) is 2.45. The van der Waals surface area contributed by atoms with Crippen molar-refractivity contribution in [1.29, 1.82) is 0 Å². The third kappa shape index (κ3) is 2.65. The maximum atomic E-state index is 4.20. The van der Waals surface area contributed by atoms with Gasteiger partial charge in [0.1, 0.15) is 5.82 Å². The first-order valence-corrected chi connectivity index (χ1v) is 6.17. The third-order valence-corrected chi connectivity index (χ3v) is 3.62. The zero-order chi connectivity index (χ0) is 11.4. The molecule has 0 radical (unpaired) electrons. The minimum atomic E-state index is 0.839. The molecule has 1 aliphatic carbocycles. The second kappa shape index (κ2) is 5.19. The number of pyridine rings is 1. The molecule has 0 bridgehead atoms. The van der Waals surface area contributed by atoms with Crippen molar-refractivity contribution < 1.29 is 0 Å². The second-order valence-electron chi connectivity index (χ2n) is 4.73. The Morgan fingerprint density at radius 1 is 1.44 bits per heavy atom. The molecule has 1 aromatic rings. The summed E-state index contributed by atoms with van der Waals surface area (Å²) >= 11 is 0. The van der Waals surface area contributed by atoms with Gasteiger partial charge in [-0.05, 0) is 24.3 Å². The molecule has 0 aromatic carbocycles. The summed E-state index contributed by atoms with van der Waals surface area (Å²) in [6.45, 7) is 3.46. The van der Waals surface area contributed by atoms with Crippen molar-refractivity contribution in [1.82, 2.24) is 4.98 Å². The van der Waals surface area contributed by atoms with E-state index in [1.54, 1.807) is 0 Å². The molecule has 2 rings (SSSR count). The molecule has 0 saturated heterocycles. The lowest BCUT2D eigenvalue weighted by Crippen LogP contribution is -2.16. The number of nitrogens with zero attached hydrogens (tertiary/aromatic N) is 1.